The van der Waals surface area contributed by atoms with Crippen LogP contribution in [0.4, 0.5) is 17.1 Å². The van der Waals surface area contributed by atoms with Crippen LogP contribution < -0.4 is 0 Å². The molecule has 3 aromatic rings. The molecule has 0 saturated carbocycles. The van der Waals surface area contributed by atoms with Gasteiger partial charge in [-0.1, -0.05) is 59.0 Å². The number of nitro groups is 1. The average molecular weight is 520 g/mol. The molecule has 3 rings (SSSR count). The minimum Gasteiger partial charge on any atom is -0.493 e. The summed E-state index contributed by atoms with van der Waals surface area (Å²) in [5.41, 5.74) is 1.35. The van der Waals surface area contributed by atoms with Crippen molar-refractivity contribution in [2.75, 3.05) is 6.61 Å². The lowest BCUT2D eigenvalue weighted by atomic mass is 10.1. The van der Waals surface area contributed by atoms with Gasteiger partial charge in [0.05, 0.1) is 17.2 Å². The molecule has 0 atom stereocenters. The van der Waals surface area contributed by atoms with E-state index < -0.39 is 16.8 Å². The van der Waals surface area contributed by atoms with E-state index in [0.29, 0.717) is 15.7 Å². The number of H-pyrrole nitrogens is 1. The van der Waals surface area contributed by atoms with Gasteiger partial charge in [-0.15, -0.1) is 10.2 Å². The lowest BCUT2D eigenvalue weighted by molar-refractivity contribution is -0.384. The van der Waals surface area contributed by atoms with Gasteiger partial charge >= 0.3 is 5.97 Å². The zero-order chi connectivity index (χ0) is 21.7. The Bertz CT molecular complexity index is 1110. The Morgan fingerprint density at radius 2 is 1.97 bits per heavy atom. The number of azo groups is 1. The molecule has 0 aliphatic heterocycles. The number of halogens is 1. The Hall–Kier alpha value is -3.28. The maximum Gasteiger partial charge on any atom is 0.342 e. The number of esters is 1. The second-order valence-corrected chi connectivity index (χ2v) is 6.84. The number of nitrogens with one attached hydrogen (secondary N) is 1. The first kappa shape index (κ1) is 21.4. The minimum atomic E-state index is -0.698. The van der Waals surface area contributed by atoms with E-state index in [1.165, 1.54) is 12.1 Å². The minimum absolute atomic E-state index is 0.00386. The third-order valence-corrected chi connectivity index (χ3v) is 5.03. The third-order valence-electron chi connectivity index (χ3n) is 4.15. The van der Waals surface area contributed by atoms with E-state index in [2.05, 4.69) is 37.8 Å². The first-order valence-electron chi connectivity index (χ1n) is 8.88. The molecule has 0 bridgehead atoms. The molecule has 0 spiro atoms. The number of ether oxygens (including phenoxy) is 1. The lowest BCUT2D eigenvalue weighted by Crippen LogP contribution is -2.05. The molecule has 0 fully saturated rings. The highest BCUT2D eigenvalue weighted by molar-refractivity contribution is 14.1. The average Bonchev–Trinajstić information content (AvgIpc) is 3.09. The summed E-state index contributed by atoms with van der Waals surface area (Å²) in [5.74, 6) is -1.09. The van der Waals surface area contributed by atoms with Crippen molar-refractivity contribution in [1.29, 1.82) is 0 Å². The predicted molar refractivity (Wildman–Crippen MR) is 119 cm³/mol. The van der Waals surface area contributed by atoms with Crippen LogP contribution in [0.15, 0.2) is 58.8 Å². The molecule has 2 aromatic carbocycles. The third kappa shape index (κ3) is 4.48. The summed E-state index contributed by atoms with van der Waals surface area (Å²) in [5, 5.41) is 29.7. The molecule has 0 amide bonds. The van der Waals surface area contributed by atoms with Gasteiger partial charge < -0.3 is 14.8 Å². The number of benzene rings is 2. The second-order valence-electron chi connectivity index (χ2n) is 6.07. The van der Waals surface area contributed by atoms with Crippen LogP contribution >= 0.6 is 22.6 Å². The van der Waals surface area contributed by atoms with E-state index in [-0.39, 0.29) is 29.2 Å². The van der Waals surface area contributed by atoms with Gasteiger partial charge in [-0.3, -0.25) is 10.1 Å². The van der Waals surface area contributed by atoms with Crippen LogP contribution in [0.1, 0.15) is 22.8 Å². The van der Waals surface area contributed by atoms with E-state index in [1.807, 2.05) is 6.07 Å². The van der Waals surface area contributed by atoms with Crippen molar-refractivity contribution in [3.8, 4) is 17.1 Å². The lowest BCUT2D eigenvalue weighted by Gasteiger charge is -2.05. The summed E-state index contributed by atoms with van der Waals surface area (Å²) < 4.78 is 5.71. The smallest absolute Gasteiger partial charge is 0.342 e. The maximum atomic E-state index is 12.6. The van der Waals surface area contributed by atoms with E-state index in [1.54, 1.807) is 37.3 Å². The summed E-state index contributed by atoms with van der Waals surface area (Å²) in [7, 11) is 0. The fourth-order valence-electron chi connectivity index (χ4n) is 2.78. The SMILES string of the molecule is CCOC(=O)c1c(-c2ccccc2)[nH]c(O)c1N=Nc1ccc(CI)cc1[N+](=O)[O-]. The fourth-order valence-corrected chi connectivity index (χ4v) is 3.26. The van der Waals surface area contributed by atoms with Crippen molar-refractivity contribution in [2.24, 2.45) is 10.2 Å². The van der Waals surface area contributed by atoms with Crippen molar-refractivity contribution in [2.45, 2.75) is 11.4 Å². The standard InChI is InChI=1S/C20H17IN4O5/c1-2-30-20(27)16-17(13-6-4-3-5-7-13)22-19(26)18(16)24-23-14-9-8-12(11-21)10-15(14)25(28)29/h3-10,22,26H,2,11H2,1H3. The molecule has 0 unspecified atom stereocenters. The highest BCUT2D eigenvalue weighted by Gasteiger charge is 2.26. The molecule has 0 aliphatic carbocycles. The number of nitro benzene ring substituents is 1. The Morgan fingerprint density at radius 3 is 2.60 bits per heavy atom. The molecule has 2 N–H and O–H groups in total. The monoisotopic (exact) mass is 520 g/mol. The molecule has 0 aliphatic rings. The van der Waals surface area contributed by atoms with Gasteiger partial charge in [-0.05, 0) is 24.1 Å². The normalized spacial score (nSPS) is 11.0. The highest BCUT2D eigenvalue weighted by atomic mass is 127. The molecule has 9 nitrogen and oxygen atoms in total. The van der Waals surface area contributed by atoms with Crippen LogP contribution in [0.5, 0.6) is 5.88 Å². The molecule has 1 heterocycles. The Kier molecular flexibility index (Phi) is 6.77. The van der Waals surface area contributed by atoms with Crippen LogP contribution in [0, 0.1) is 10.1 Å². The predicted octanol–water partition coefficient (Wildman–Crippen LogP) is 5.82. The highest BCUT2D eigenvalue weighted by Crippen LogP contribution is 2.40. The molecule has 10 heteroatoms. The molecular formula is C20H17IN4O5. The van der Waals surface area contributed by atoms with Crippen molar-refractivity contribution < 1.29 is 19.6 Å². The number of hydrogen-bond donors (Lipinski definition) is 2. The second kappa shape index (κ2) is 9.48. The van der Waals surface area contributed by atoms with Gasteiger partial charge in [0.25, 0.3) is 5.69 Å². The fraction of sp³-hybridized carbons (Fsp3) is 0.150. The zero-order valence-corrected chi connectivity index (χ0v) is 18.0. The summed E-state index contributed by atoms with van der Waals surface area (Å²) in [6.07, 6.45) is 0. The zero-order valence-electron chi connectivity index (χ0n) is 15.8. The van der Waals surface area contributed by atoms with E-state index in [0.717, 1.165) is 5.56 Å². The van der Waals surface area contributed by atoms with Crippen LogP contribution in [0.3, 0.4) is 0 Å². The van der Waals surface area contributed by atoms with Crippen molar-refractivity contribution in [1.82, 2.24) is 4.98 Å². The van der Waals surface area contributed by atoms with Gasteiger partial charge in [0.1, 0.15) is 5.56 Å². The summed E-state index contributed by atoms with van der Waals surface area (Å²) in [6, 6.07) is 13.5. The first-order valence-corrected chi connectivity index (χ1v) is 10.4. The van der Waals surface area contributed by atoms with Crippen LogP contribution in [0.2, 0.25) is 0 Å². The van der Waals surface area contributed by atoms with Crippen molar-refractivity contribution in [3.63, 3.8) is 0 Å². The topological polar surface area (TPSA) is 130 Å². The first-order chi connectivity index (χ1) is 14.5. The van der Waals surface area contributed by atoms with Crippen molar-refractivity contribution in [3.05, 3.63) is 69.8 Å². The molecule has 0 radical (unpaired) electrons. The quantitative estimate of drug-likeness (QED) is 0.101. The van der Waals surface area contributed by atoms with Crippen LogP contribution in [0.25, 0.3) is 11.3 Å². The number of rotatable bonds is 7. The molecule has 30 heavy (non-hydrogen) atoms. The van der Waals surface area contributed by atoms with E-state index in [4.69, 9.17) is 4.74 Å². The van der Waals surface area contributed by atoms with Gasteiger partial charge in [-0.2, -0.15) is 0 Å². The number of aromatic amines is 1. The molecule has 154 valence electrons. The van der Waals surface area contributed by atoms with Gasteiger partial charge in [0.2, 0.25) is 5.88 Å². The number of hydrogen-bond acceptors (Lipinski definition) is 7. The summed E-state index contributed by atoms with van der Waals surface area (Å²) in [6.45, 7) is 1.78. The van der Waals surface area contributed by atoms with Gasteiger partial charge in [0, 0.05) is 10.5 Å². The molecular weight excluding hydrogens is 503 g/mol. The van der Waals surface area contributed by atoms with Crippen LogP contribution in [-0.4, -0.2) is 27.6 Å². The number of carbonyl (C=O) groups is 1. The van der Waals surface area contributed by atoms with E-state index >= 15 is 0 Å². The van der Waals surface area contributed by atoms with E-state index in [9.17, 15) is 20.0 Å². The number of alkyl halides is 1. The molecule has 0 saturated heterocycles. The summed E-state index contributed by atoms with van der Waals surface area (Å²) in [4.78, 5) is 26.1. The van der Waals surface area contributed by atoms with Gasteiger partial charge in [-0.25, -0.2) is 4.79 Å². The summed E-state index contributed by atoms with van der Waals surface area (Å²) >= 11 is 2.10. The Morgan fingerprint density at radius 1 is 1.23 bits per heavy atom. The largest absolute Gasteiger partial charge is 0.493 e. The number of aromatic nitrogens is 1. The number of carbonyl (C=O) groups excluding carboxylic acids is 1. The van der Waals surface area contributed by atoms with Crippen molar-refractivity contribution >= 4 is 45.6 Å². The Balaban J connectivity index is 2.12. The number of aromatic hydroxyl groups is 1. The Labute approximate surface area is 185 Å². The maximum absolute atomic E-state index is 12.6. The number of nitrogens with zero attached hydrogens (tertiary/aromatic N) is 3. The molecule has 1 aromatic heterocycles. The van der Waals surface area contributed by atoms with Gasteiger partial charge in [0.15, 0.2) is 11.4 Å². The van der Waals surface area contributed by atoms with Crippen LogP contribution in [-0.2, 0) is 9.16 Å².